The maximum atomic E-state index is 12.9. The van der Waals surface area contributed by atoms with Gasteiger partial charge in [0.2, 0.25) is 10.0 Å². The van der Waals surface area contributed by atoms with Crippen molar-refractivity contribution in [2.45, 2.75) is 31.6 Å². The minimum Gasteiger partial charge on any atom is -0.493 e. The average Bonchev–Trinajstić information content (AvgIpc) is 2.77. The van der Waals surface area contributed by atoms with E-state index in [1.165, 1.54) is 12.1 Å². The number of ether oxygens (including phenoxy) is 1. The first-order valence-electron chi connectivity index (χ1n) is 10.4. The van der Waals surface area contributed by atoms with Crippen LogP contribution in [0, 0.1) is 11.8 Å². The second kappa shape index (κ2) is 10.1. The normalized spacial score (nSPS) is 17.2. The number of hydrogen-bond donors (Lipinski definition) is 1. The van der Waals surface area contributed by atoms with E-state index in [-0.39, 0.29) is 22.6 Å². The van der Waals surface area contributed by atoms with Crippen molar-refractivity contribution in [2.24, 2.45) is 11.8 Å². The van der Waals surface area contributed by atoms with E-state index in [0.29, 0.717) is 31.8 Å². The molecule has 2 aromatic rings. The molecule has 1 N–H and O–H groups in total. The summed E-state index contributed by atoms with van der Waals surface area (Å²) in [6.45, 7) is 6.19. The van der Waals surface area contributed by atoms with E-state index in [2.05, 4.69) is 4.72 Å². The van der Waals surface area contributed by atoms with Gasteiger partial charge in [0, 0.05) is 31.1 Å². The van der Waals surface area contributed by atoms with Crippen LogP contribution in [0.5, 0.6) is 5.75 Å². The minimum absolute atomic E-state index is 0.0708. The van der Waals surface area contributed by atoms with Crippen LogP contribution in [0.4, 0.5) is 0 Å². The Morgan fingerprint density at radius 2 is 1.83 bits per heavy atom. The zero-order valence-electron chi connectivity index (χ0n) is 17.6. The van der Waals surface area contributed by atoms with E-state index in [1.807, 2.05) is 49.1 Å². The summed E-state index contributed by atoms with van der Waals surface area (Å²) in [4.78, 5) is 14.9. The number of hydrogen-bond acceptors (Lipinski definition) is 4. The zero-order valence-corrected chi connectivity index (χ0v) is 18.4. The summed E-state index contributed by atoms with van der Waals surface area (Å²) in [5, 5.41) is 0. The molecule has 1 fully saturated rings. The summed E-state index contributed by atoms with van der Waals surface area (Å²) in [5.41, 5.74) is 0.502. The van der Waals surface area contributed by atoms with E-state index in [0.717, 1.165) is 18.6 Å². The van der Waals surface area contributed by atoms with Gasteiger partial charge in [-0.15, -0.1) is 0 Å². The van der Waals surface area contributed by atoms with Gasteiger partial charge < -0.3 is 9.64 Å². The van der Waals surface area contributed by atoms with Crippen molar-refractivity contribution >= 4 is 15.9 Å². The van der Waals surface area contributed by atoms with Gasteiger partial charge in [-0.1, -0.05) is 32.0 Å². The van der Waals surface area contributed by atoms with Crippen LogP contribution in [0.2, 0.25) is 0 Å². The molecule has 0 saturated carbocycles. The monoisotopic (exact) mass is 430 g/mol. The van der Waals surface area contributed by atoms with Crippen LogP contribution in [-0.2, 0) is 10.0 Å². The quantitative estimate of drug-likeness (QED) is 0.695. The number of carbonyl (C=O) groups is 1. The molecule has 1 aliphatic heterocycles. The van der Waals surface area contributed by atoms with Gasteiger partial charge in [0.1, 0.15) is 5.75 Å². The lowest BCUT2D eigenvalue weighted by atomic mass is 9.98. The molecule has 1 heterocycles. The number of nitrogens with one attached hydrogen (secondary N) is 1. The Morgan fingerprint density at radius 1 is 1.13 bits per heavy atom. The fourth-order valence-electron chi connectivity index (χ4n) is 3.44. The summed E-state index contributed by atoms with van der Waals surface area (Å²) in [5.74, 6) is 1.27. The van der Waals surface area contributed by atoms with Crippen molar-refractivity contribution in [3.05, 3.63) is 60.2 Å². The van der Waals surface area contributed by atoms with Gasteiger partial charge in [-0.2, -0.15) is 0 Å². The largest absolute Gasteiger partial charge is 0.493 e. The van der Waals surface area contributed by atoms with Gasteiger partial charge in [0.25, 0.3) is 5.91 Å². The molecule has 0 bridgehead atoms. The third-order valence-corrected chi connectivity index (χ3v) is 6.57. The van der Waals surface area contributed by atoms with Gasteiger partial charge in [0.05, 0.1) is 11.5 Å². The highest BCUT2D eigenvalue weighted by atomic mass is 32.2. The third kappa shape index (κ3) is 6.06. The maximum Gasteiger partial charge on any atom is 0.253 e. The number of sulfonamides is 1. The maximum absolute atomic E-state index is 12.9. The summed E-state index contributed by atoms with van der Waals surface area (Å²) in [7, 11) is -3.56. The molecule has 1 amide bonds. The lowest BCUT2D eigenvalue weighted by Gasteiger charge is -2.32. The first-order valence-corrected chi connectivity index (χ1v) is 11.9. The van der Waals surface area contributed by atoms with Crippen molar-refractivity contribution in [3.8, 4) is 5.75 Å². The number of para-hydroxylation sites is 1. The molecule has 0 aromatic heterocycles. The predicted molar refractivity (Wildman–Crippen MR) is 117 cm³/mol. The molecule has 2 aromatic carbocycles. The lowest BCUT2D eigenvalue weighted by Crippen LogP contribution is -2.41. The Hall–Kier alpha value is -2.38. The van der Waals surface area contributed by atoms with Gasteiger partial charge in [0.15, 0.2) is 0 Å². The van der Waals surface area contributed by atoms with Gasteiger partial charge in [-0.3, -0.25) is 4.79 Å². The molecule has 0 radical (unpaired) electrons. The zero-order chi connectivity index (χ0) is 21.6. The molecular weight excluding hydrogens is 400 g/mol. The molecule has 1 saturated heterocycles. The topological polar surface area (TPSA) is 75.7 Å². The molecule has 162 valence electrons. The van der Waals surface area contributed by atoms with Crippen LogP contribution in [0.3, 0.4) is 0 Å². The molecule has 1 atom stereocenters. The molecule has 0 aliphatic carbocycles. The molecule has 7 heteroatoms. The second-order valence-electron chi connectivity index (χ2n) is 8.15. The van der Waals surface area contributed by atoms with Crippen LogP contribution in [0.15, 0.2) is 59.5 Å². The fourth-order valence-corrected chi connectivity index (χ4v) is 4.65. The van der Waals surface area contributed by atoms with Crippen molar-refractivity contribution < 1.29 is 17.9 Å². The average molecular weight is 431 g/mol. The molecule has 6 nitrogen and oxygen atoms in total. The second-order valence-corrected chi connectivity index (χ2v) is 9.92. The SMILES string of the molecule is CC(C)CNS(=O)(=O)c1ccc(C(=O)N2CCCC(COc3ccccc3)C2)cc1. The number of nitrogens with zero attached hydrogens (tertiary/aromatic N) is 1. The molecule has 1 aliphatic rings. The van der Waals surface area contributed by atoms with Gasteiger partial charge >= 0.3 is 0 Å². The standard InChI is InChI=1S/C23H30N2O4S/c1-18(2)15-24-30(27,28)22-12-10-20(11-13-22)23(26)25-14-6-7-19(16-25)17-29-21-8-4-3-5-9-21/h3-5,8-13,18-19,24H,6-7,14-17H2,1-2H3. The van der Waals surface area contributed by atoms with Crippen LogP contribution < -0.4 is 9.46 Å². The molecular formula is C23H30N2O4S. The molecule has 3 rings (SSSR count). The van der Waals surface area contributed by atoms with Crippen LogP contribution >= 0.6 is 0 Å². The smallest absolute Gasteiger partial charge is 0.253 e. The predicted octanol–water partition coefficient (Wildman–Crippen LogP) is 3.55. The van der Waals surface area contributed by atoms with Crippen molar-refractivity contribution in [3.63, 3.8) is 0 Å². The van der Waals surface area contributed by atoms with Crippen LogP contribution in [0.25, 0.3) is 0 Å². The molecule has 1 unspecified atom stereocenters. The lowest BCUT2D eigenvalue weighted by molar-refractivity contribution is 0.0633. The highest BCUT2D eigenvalue weighted by molar-refractivity contribution is 7.89. The first kappa shape index (κ1) is 22.3. The van der Waals surface area contributed by atoms with E-state index in [4.69, 9.17) is 4.74 Å². The summed E-state index contributed by atoms with van der Waals surface area (Å²) in [6.07, 6.45) is 1.95. The van der Waals surface area contributed by atoms with Crippen LogP contribution in [0.1, 0.15) is 37.0 Å². The Bertz CT molecular complexity index is 927. The fraction of sp³-hybridized carbons (Fsp3) is 0.435. The third-order valence-electron chi connectivity index (χ3n) is 5.13. The summed E-state index contributed by atoms with van der Waals surface area (Å²) < 4.78 is 33.1. The Balaban J connectivity index is 1.58. The number of likely N-dealkylation sites (tertiary alicyclic amines) is 1. The number of piperidine rings is 1. The van der Waals surface area contributed by atoms with Crippen LogP contribution in [-0.4, -0.2) is 45.5 Å². The van der Waals surface area contributed by atoms with Crippen molar-refractivity contribution in [2.75, 3.05) is 26.2 Å². The summed E-state index contributed by atoms with van der Waals surface area (Å²) >= 11 is 0. The molecule has 30 heavy (non-hydrogen) atoms. The molecule has 0 spiro atoms. The Labute approximate surface area is 179 Å². The number of benzene rings is 2. The minimum atomic E-state index is -3.56. The number of amides is 1. The van der Waals surface area contributed by atoms with Gasteiger partial charge in [-0.05, 0) is 55.2 Å². The Morgan fingerprint density at radius 3 is 2.50 bits per heavy atom. The number of rotatable bonds is 8. The Kier molecular flexibility index (Phi) is 7.50. The van der Waals surface area contributed by atoms with E-state index < -0.39 is 10.0 Å². The highest BCUT2D eigenvalue weighted by Gasteiger charge is 2.25. The first-order chi connectivity index (χ1) is 14.3. The number of carbonyl (C=O) groups excluding carboxylic acids is 1. The summed E-state index contributed by atoms with van der Waals surface area (Å²) in [6, 6.07) is 15.9. The van der Waals surface area contributed by atoms with Gasteiger partial charge in [-0.25, -0.2) is 13.1 Å². The van der Waals surface area contributed by atoms with E-state index >= 15 is 0 Å². The highest BCUT2D eigenvalue weighted by Crippen LogP contribution is 2.21. The van der Waals surface area contributed by atoms with Crippen molar-refractivity contribution in [1.82, 2.24) is 9.62 Å². The van der Waals surface area contributed by atoms with E-state index in [1.54, 1.807) is 12.1 Å². The van der Waals surface area contributed by atoms with Crippen molar-refractivity contribution in [1.29, 1.82) is 0 Å². The van der Waals surface area contributed by atoms with E-state index in [9.17, 15) is 13.2 Å².